The molecule has 0 atom stereocenters. The summed E-state index contributed by atoms with van der Waals surface area (Å²) in [6.07, 6.45) is 2.00. The monoisotopic (exact) mass is 338 g/mol. The Bertz CT molecular complexity index is 670. The van der Waals surface area contributed by atoms with Crippen molar-refractivity contribution < 1.29 is 9.18 Å². The van der Waals surface area contributed by atoms with Crippen LogP contribution in [0.1, 0.15) is 28.4 Å². The lowest BCUT2D eigenvalue weighted by Gasteiger charge is -2.07. The van der Waals surface area contributed by atoms with Crippen molar-refractivity contribution >= 4 is 21.8 Å². The first-order chi connectivity index (χ1) is 9.65. The molecule has 2 aromatic rings. The van der Waals surface area contributed by atoms with Crippen molar-refractivity contribution in [3.8, 4) is 0 Å². The second kappa shape index (κ2) is 5.32. The molecular weight excluding hydrogens is 327 g/mol. The third-order valence-electron chi connectivity index (χ3n) is 3.27. The lowest BCUT2D eigenvalue weighted by molar-refractivity contribution is 0.0948. The number of rotatable bonds is 3. The molecule has 0 fully saturated rings. The van der Waals surface area contributed by atoms with Gasteiger partial charge in [0, 0.05) is 17.4 Å². The van der Waals surface area contributed by atoms with Crippen molar-refractivity contribution in [1.82, 2.24) is 20.1 Å². The molecule has 20 heavy (non-hydrogen) atoms. The number of hydrogen-bond acceptors (Lipinski definition) is 3. The minimum Gasteiger partial charge on any atom is -0.345 e. The van der Waals surface area contributed by atoms with E-state index in [1.807, 2.05) is 4.57 Å². The number of nitrogens with one attached hydrogen (secondary N) is 1. The highest BCUT2D eigenvalue weighted by molar-refractivity contribution is 9.10. The minimum absolute atomic E-state index is 0.271. The van der Waals surface area contributed by atoms with Gasteiger partial charge in [0.2, 0.25) is 0 Å². The molecule has 3 rings (SSSR count). The summed E-state index contributed by atoms with van der Waals surface area (Å²) < 4.78 is 15.4. The van der Waals surface area contributed by atoms with E-state index in [0.29, 0.717) is 16.6 Å². The number of hydrogen-bond donors (Lipinski definition) is 1. The molecule has 1 amide bonds. The van der Waals surface area contributed by atoms with Crippen LogP contribution >= 0.6 is 15.9 Å². The van der Waals surface area contributed by atoms with Crippen molar-refractivity contribution in [1.29, 1.82) is 0 Å². The van der Waals surface area contributed by atoms with Gasteiger partial charge in [0.05, 0.1) is 12.1 Å². The summed E-state index contributed by atoms with van der Waals surface area (Å²) in [5.41, 5.74) is 0.396. The SMILES string of the molecule is O=C(NCc1nnc2n1CCC2)c1ccc(F)cc1Br. The first-order valence-electron chi connectivity index (χ1n) is 6.29. The van der Waals surface area contributed by atoms with Gasteiger partial charge in [-0.15, -0.1) is 10.2 Å². The number of carbonyl (C=O) groups excluding carboxylic acids is 1. The fourth-order valence-electron chi connectivity index (χ4n) is 2.27. The van der Waals surface area contributed by atoms with Crippen LogP contribution in [-0.4, -0.2) is 20.7 Å². The Morgan fingerprint density at radius 2 is 2.30 bits per heavy atom. The zero-order chi connectivity index (χ0) is 14.1. The van der Waals surface area contributed by atoms with Crippen molar-refractivity contribution in [2.45, 2.75) is 25.9 Å². The van der Waals surface area contributed by atoms with Gasteiger partial charge in [-0.1, -0.05) is 0 Å². The summed E-state index contributed by atoms with van der Waals surface area (Å²) >= 11 is 3.18. The molecule has 0 saturated heterocycles. The number of carbonyl (C=O) groups is 1. The molecular formula is C13H12BrFN4O. The Morgan fingerprint density at radius 1 is 1.45 bits per heavy atom. The first-order valence-corrected chi connectivity index (χ1v) is 7.08. The van der Waals surface area contributed by atoms with Crippen LogP contribution in [0.15, 0.2) is 22.7 Å². The fraction of sp³-hybridized carbons (Fsp3) is 0.308. The van der Waals surface area contributed by atoms with Gasteiger partial charge in [-0.05, 0) is 40.5 Å². The van der Waals surface area contributed by atoms with Crippen molar-refractivity contribution in [3.63, 3.8) is 0 Å². The molecule has 5 nitrogen and oxygen atoms in total. The van der Waals surface area contributed by atoms with Crippen LogP contribution < -0.4 is 5.32 Å². The Kier molecular flexibility index (Phi) is 3.52. The number of aromatic nitrogens is 3. The molecule has 7 heteroatoms. The highest BCUT2D eigenvalue weighted by Crippen LogP contribution is 2.18. The first kappa shape index (κ1) is 13.2. The van der Waals surface area contributed by atoms with Crippen molar-refractivity contribution in [2.75, 3.05) is 0 Å². The minimum atomic E-state index is -0.385. The third-order valence-corrected chi connectivity index (χ3v) is 3.93. The van der Waals surface area contributed by atoms with Gasteiger partial charge < -0.3 is 9.88 Å². The zero-order valence-electron chi connectivity index (χ0n) is 10.6. The van der Waals surface area contributed by atoms with E-state index in [2.05, 4.69) is 31.4 Å². The molecule has 1 aliphatic heterocycles. The largest absolute Gasteiger partial charge is 0.345 e. The van der Waals surface area contributed by atoms with E-state index in [1.165, 1.54) is 18.2 Å². The summed E-state index contributed by atoms with van der Waals surface area (Å²) in [6.45, 7) is 1.21. The molecule has 0 unspecified atom stereocenters. The zero-order valence-corrected chi connectivity index (χ0v) is 12.2. The van der Waals surface area contributed by atoms with Gasteiger partial charge in [0.15, 0.2) is 5.82 Å². The second-order valence-corrected chi connectivity index (χ2v) is 5.45. The molecule has 104 valence electrons. The summed E-state index contributed by atoms with van der Waals surface area (Å²) in [4.78, 5) is 12.1. The number of aryl methyl sites for hydroxylation is 1. The topological polar surface area (TPSA) is 59.8 Å². The van der Waals surface area contributed by atoms with Gasteiger partial charge in [0.1, 0.15) is 11.6 Å². The molecule has 1 N–H and O–H groups in total. The van der Waals surface area contributed by atoms with Crippen LogP contribution in [0.3, 0.4) is 0 Å². The Morgan fingerprint density at radius 3 is 3.10 bits per heavy atom. The number of amides is 1. The van der Waals surface area contributed by atoms with Crippen molar-refractivity contribution in [2.24, 2.45) is 0 Å². The van der Waals surface area contributed by atoms with Gasteiger partial charge in [-0.2, -0.15) is 0 Å². The number of halogens is 2. The molecule has 1 aromatic carbocycles. The summed E-state index contributed by atoms with van der Waals surface area (Å²) in [5, 5.41) is 10.9. The van der Waals surface area contributed by atoms with Crippen LogP contribution in [0.25, 0.3) is 0 Å². The maximum absolute atomic E-state index is 13.0. The molecule has 2 heterocycles. The summed E-state index contributed by atoms with van der Waals surface area (Å²) in [7, 11) is 0. The van der Waals surface area contributed by atoms with Crippen LogP contribution in [0, 0.1) is 5.82 Å². The fourth-order valence-corrected chi connectivity index (χ4v) is 2.80. The smallest absolute Gasteiger partial charge is 0.252 e. The second-order valence-electron chi connectivity index (χ2n) is 4.59. The van der Waals surface area contributed by atoms with Gasteiger partial charge in [0.25, 0.3) is 5.91 Å². The van der Waals surface area contributed by atoms with E-state index < -0.39 is 0 Å². The Labute approximate surface area is 123 Å². The normalized spacial score (nSPS) is 13.3. The predicted molar refractivity (Wildman–Crippen MR) is 73.6 cm³/mol. The van der Waals surface area contributed by atoms with Gasteiger partial charge >= 0.3 is 0 Å². The molecule has 0 radical (unpaired) electrons. The molecule has 0 saturated carbocycles. The third kappa shape index (κ3) is 2.45. The molecule has 0 spiro atoms. The van der Waals surface area contributed by atoms with E-state index in [0.717, 1.165) is 31.0 Å². The summed E-state index contributed by atoms with van der Waals surface area (Å²) in [5.74, 6) is 1.07. The van der Waals surface area contributed by atoms with Crippen LogP contribution in [0.4, 0.5) is 4.39 Å². The Hall–Kier alpha value is -1.76. The highest BCUT2D eigenvalue weighted by Gasteiger charge is 2.18. The lowest BCUT2D eigenvalue weighted by atomic mass is 10.2. The van der Waals surface area contributed by atoms with E-state index in [4.69, 9.17) is 0 Å². The van der Waals surface area contributed by atoms with Crippen LogP contribution in [0.2, 0.25) is 0 Å². The standard InChI is InChI=1S/C13H12BrFN4O/c14-10-6-8(15)3-4-9(10)13(20)16-7-12-18-17-11-2-1-5-19(11)12/h3-4,6H,1-2,5,7H2,(H,16,20). The summed E-state index contributed by atoms with van der Waals surface area (Å²) in [6, 6.07) is 3.97. The van der Waals surface area contributed by atoms with E-state index in [1.54, 1.807) is 0 Å². The number of benzene rings is 1. The highest BCUT2D eigenvalue weighted by atomic mass is 79.9. The van der Waals surface area contributed by atoms with Crippen LogP contribution in [-0.2, 0) is 19.5 Å². The molecule has 1 aromatic heterocycles. The van der Waals surface area contributed by atoms with E-state index >= 15 is 0 Å². The van der Waals surface area contributed by atoms with Gasteiger partial charge in [-0.3, -0.25) is 4.79 Å². The number of nitrogens with zero attached hydrogens (tertiary/aromatic N) is 3. The quantitative estimate of drug-likeness (QED) is 0.931. The average molecular weight is 339 g/mol. The maximum Gasteiger partial charge on any atom is 0.252 e. The van der Waals surface area contributed by atoms with Gasteiger partial charge in [-0.25, -0.2) is 4.39 Å². The average Bonchev–Trinajstić information content (AvgIpc) is 2.99. The molecule has 1 aliphatic rings. The van der Waals surface area contributed by atoms with Crippen LogP contribution in [0.5, 0.6) is 0 Å². The number of fused-ring (bicyclic) bond motifs is 1. The predicted octanol–water partition coefficient (Wildman–Crippen LogP) is 2.06. The lowest BCUT2D eigenvalue weighted by Crippen LogP contribution is -2.25. The van der Waals surface area contributed by atoms with E-state index in [-0.39, 0.29) is 11.7 Å². The molecule has 0 bridgehead atoms. The maximum atomic E-state index is 13.0. The van der Waals surface area contributed by atoms with E-state index in [9.17, 15) is 9.18 Å². The Balaban J connectivity index is 1.70. The van der Waals surface area contributed by atoms with Crippen molar-refractivity contribution in [3.05, 3.63) is 45.7 Å². The molecule has 0 aliphatic carbocycles.